The SMILES string of the molecule is CC(C)[C@@]12SSSS[C@]3(C(=O)N1C)[C@H]1O[C@@]45C(=O)N(C)[C@@H](CO)C(=O)N4[C@@H]4Nc6ccccc6[C@@]4([C@@H]5O)C14c1ccccc1N[C@@H]4N3C2=O. The summed E-state index contributed by atoms with van der Waals surface area (Å²) >= 11 is 0. The van der Waals surface area contributed by atoms with E-state index in [-0.39, 0.29) is 17.7 Å². The normalized spacial score (nSPS) is 43.7. The van der Waals surface area contributed by atoms with Crippen molar-refractivity contribution in [2.24, 2.45) is 5.92 Å². The minimum absolute atomic E-state index is 0.270. The Labute approximate surface area is 296 Å². The van der Waals surface area contributed by atoms with Gasteiger partial charge in [0.05, 0.1) is 17.4 Å². The van der Waals surface area contributed by atoms with Crippen molar-refractivity contribution < 1.29 is 34.1 Å². The maximum atomic E-state index is 15.5. The minimum Gasteiger partial charge on any atom is -0.394 e. The number of anilines is 2. The molecule has 4 N–H and O–H groups in total. The first-order valence-corrected chi connectivity index (χ1v) is 20.9. The molecule has 7 fully saturated rings. The maximum absolute atomic E-state index is 15.5. The summed E-state index contributed by atoms with van der Waals surface area (Å²) in [5.74, 6) is -2.21. The molecule has 4 amide bonds. The monoisotopic (exact) mass is 740 g/mol. The standard InChI is InChI=1S/C32H32N6O7S4/c1-14(2)31-27(44)38-24-29(16-10-6-8-12-18(16)34-24)22(32(38,26(43)36(31)4)47-49-48-46-31)45-30-21(41)28(29)15-9-5-7-11-17(15)33-23(28)37(30)20(40)19(13-39)35(3)25(30)42/h5-12,14,19,21-24,33-34,39,41H,13H2,1-4H3/t19-,21-,22-,23-,24+,28-,29?,30-,31-,32-/m0/s1. The lowest BCUT2D eigenvalue weighted by Gasteiger charge is -2.59. The fourth-order valence-electron chi connectivity index (χ4n) is 10.7. The quantitative estimate of drug-likeness (QED) is 0.330. The number of rotatable bonds is 2. The molecule has 4 spiro atoms. The van der Waals surface area contributed by atoms with Crippen LogP contribution >= 0.6 is 41.2 Å². The second kappa shape index (κ2) is 9.35. The predicted molar refractivity (Wildman–Crippen MR) is 185 cm³/mol. The van der Waals surface area contributed by atoms with E-state index in [0.717, 1.165) is 4.90 Å². The van der Waals surface area contributed by atoms with Crippen LogP contribution < -0.4 is 10.6 Å². The van der Waals surface area contributed by atoms with Gasteiger partial charge in [0, 0.05) is 25.5 Å². The van der Waals surface area contributed by atoms with Gasteiger partial charge in [0.2, 0.25) is 4.87 Å². The molecule has 2 aromatic rings. The summed E-state index contributed by atoms with van der Waals surface area (Å²) in [5, 5.41) is 30.8. The Morgan fingerprint density at radius 2 is 1.43 bits per heavy atom. The number of carbonyl (C=O) groups excluding carboxylic acids is 4. The number of nitrogens with zero attached hydrogens (tertiary/aromatic N) is 4. The summed E-state index contributed by atoms with van der Waals surface area (Å²) in [5.41, 5.74) is -2.51. The van der Waals surface area contributed by atoms with Crippen LogP contribution in [-0.2, 0) is 34.7 Å². The van der Waals surface area contributed by atoms with E-state index in [1.807, 2.05) is 62.4 Å². The molecule has 2 aromatic carbocycles. The molecular weight excluding hydrogens is 709 g/mol. The summed E-state index contributed by atoms with van der Waals surface area (Å²) in [6.07, 6.45) is -4.89. The lowest BCUT2D eigenvalue weighted by atomic mass is 9.50. The van der Waals surface area contributed by atoms with Crippen LogP contribution in [0.2, 0.25) is 0 Å². The predicted octanol–water partition coefficient (Wildman–Crippen LogP) is 1.55. The lowest BCUT2D eigenvalue weighted by molar-refractivity contribution is -0.263. The molecule has 0 aliphatic carbocycles. The highest BCUT2D eigenvalue weighted by Gasteiger charge is 2.95. The number of benzene rings is 2. The first-order valence-electron chi connectivity index (χ1n) is 16.1. The third-order valence-electron chi connectivity index (χ3n) is 12.5. The van der Waals surface area contributed by atoms with Gasteiger partial charge >= 0.3 is 0 Å². The number of piperazine rings is 2. The van der Waals surface area contributed by atoms with Gasteiger partial charge < -0.3 is 35.4 Å². The van der Waals surface area contributed by atoms with E-state index >= 15 is 9.59 Å². The number of aliphatic hydroxyl groups excluding tert-OH is 2. The van der Waals surface area contributed by atoms with Crippen LogP contribution in [0.5, 0.6) is 0 Å². The molecule has 0 radical (unpaired) electrons. The zero-order chi connectivity index (χ0) is 34.2. The van der Waals surface area contributed by atoms with Crippen LogP contribution in [0.15, 0.2) is 48.5 Å². The summed E-state index contributed by atoms with van der Waals surface area (Å²) in [6.45, 7) is 3.23. The molecule has 17 heteroatoms. The Bertz CT molecular complexity index is 1940. The minimum atomic E-state index is -2.28. The third kappa shape index (κ3) is 2.78. The number of amides is 4. The molecular formula is C32H32N6O7S4. The lowest BCUT2D eigenvalue weighted by Crippen LogP contribution is -2.81. The second-order valence-corrected chi connectivity index (χ2v) is 20.3. The van der Waals surface area contributed by atoms with Crippen LogP contribution in [0, 0.1) is 5.92 Å². The number of fused-ring (bicyclic) bond motifs is 7. The number of aliphatic hydroxyl groups is 2. The zero-order valence-electron chi connectivity index (χ0n) is 26.6. The van der Waals surface area contributed by atoms with Gasteiger partial charge in [-0.1, -0.05) is 50.2 Å². The fraction of sp³-hybridized carbons (Fsp3) is 0.500. The van der Waals surface area contributed by atoms with Crippen molar-refractivity contribution in [3.8, 4) is 0 Å². The molecule has 256 valence electrons. The van der Waals surface area contributed by atoms with Crippen molar-refractivity contribution in [1.29, 1.82) is 0 Å². The number of hydrogen-bond acceptors (Lipinski definition) is 13. The van der Waals surface area contributed by atoms with E-state index in [4.69, 9.17) is 4.74 Å². The van der Waals surface area contributed by atoms with Crippen molar-refractivity contribution in [2.75, 3.05) is 31.3 Å². The Morgan fingerprint density at radius 3 is 2.06 bits per heavy atom. The van der Waals surface area contributed by atoms with Gasteiger partial charge in [-0.2, -0.15) is 0 Å². The first kappa shape index (κ1) is 31.0. The zero-order valence-corrected chi connectivity index (χ0v) is 29.9. The van der Waals surface area contributed by atoms with Crippen molar-refractivity contribution in [3.63, 3.8) is 0 Å². The molecule has 10 atom stereocenters. The first-order chi connectivity index (χ1) is 23.5. The highest BCUT2D eigenvalue weighted by molar-refractivity contribution is 9.26. The molecule has 0 saturated carbocycles. The number of likely N-dealkylation sites (N-methyl/N-ethyl adjacent to an activating group) is 2. The van der Waals surface area contributed by atoms with Gasteiger partial charge in [0.25, 0.3) is 29.4 Å². The van der Waals surface area contributed by atoms with Gasteiger partial charge in [-0.15, -0.1) is 0 Å². The van der Waals surface area contributed by atoms with Gasteiger partial charge in [-0.05, 0) is 70.4 Å². The van der Waals surface area contributed by atoms with Gasteiger partial charge in [-0.25, -0.2) is 0 Å². The van der Waals surface area contributed by atoms with E-state index in [1.165, 1.54) is 53.2 Å². The summed E-state index contributed by atoms with van der Waals surface area (Å²) in [4.78, 5) is 63.0. The van der Waals surface area contributed by atoms with E-state index in [2.05, 4.69) is 10.6 Å². The molecule has 0 aromatic heterocycles. The van der Waals surface area contributed by atoms with Gasteiger partial charge in [0.1, 0.15) is 30.6 Å². The highest BCUT2D eigenvalue weighted by atomic mass is 33.7. The topological polar surface area (TPSA) is 155 Å². The molecule has 9 aliphatic rings. The number of ether oxygens (including phenoxy) is 1. The van der Waals surface area contributed by atoms with Crippen molar-refractivity contribution in [3.05, 3.63) is 59.7 Å². The Kier molecular flexibility index (Phi) is 5.91. The summed E-state index contributed by atoms with van der Waals surface area (Å²) in [6, 6.07) is 13.8. The molecule has 13 nitrogen and oxygen atoms in total. The van der Waals surface area contributed by atoms with Gasteiger partial charge in [0.15, 0.2) is 4.87 Å². The molecule has 11 rings (SSSR count). The van der Waals surface area contributed by atoms with Crippen LogP contribution in [0.25, 0.3) is 0 Å². The molecule has 49 heavy (non-hydrogen) atoms. The summed E-state index contributed by atoms with van der Waals surface area (Å²) in [7, 11) is 8.45. The van der Waals surface area contributed by atoms with Crippen molar-refractivity contribution in [1.82, 2.24) is 19.6 Å². The molecule has 9 heterocycles. The number of carbonyl (C=O) groups is 4. The molecule has 9 aliphatic heterocycles. The summed E-state index contributed by atoms with van der Waals surface area (Å²) < 4.78 is 7.21. The van der Waals surface area contributed by atoms with Crippen LogP contribution in [-0.4, -0.2) is 120 Å². The second-order valence-electron chi connectivity index (χ2n) is 14.2. The van der Waals surface area contributed by atoms with Crippen LogP contribution in [0.1, 0.15) is 25.0 Å². The highest BCUT2D eigenvalue weighted by Crippen LogP contribution is 2.79. The Morgan fingerprint density at radius 1 is 0.837 bits per heavy atom. The number of para-hydroxylation sites is 2. The average Bonchev–Trinajstić information content (AvgIpc) is 3.71. The third-order valence-corrected chi connectivity index (χ3v) is 20.1. The molecule has 1 unspecified atom stereocenters. The van der Waals surface area contributed by atoms with E-state index in [9.17, 15) is 19.8 Å². The van der Waals surface area contributed by atoms with E-state index < -0.39 is 75.3 Å². The van der Waals surface area contributed by atoms with Gasteiger partial charge in [-0.3, -0.25) is 29.0 Å². The molecule has 4 bridgehead atoms. The van der Waals surface area contributed by atoms with E-state index in [0.29, 0.717) is 22.5 Å². The fourth-order valence-corrected chi connectivity index (χ4v) is 18.8. The maximum Gasteiger partial charge on any atom is 0.279 e. The van der Waals surface area contributed by atoms with E-state index in [1.54, 1.807) is 16.8 Å². The van der Waals surface area contributed by atoms with Crippen molar-refractivity contribution in [2.45, 2.75) is 70.7 Å². The Balaban J connectivity index is 1.37. The van der Waals surface area contributed by atoms with Crippen LogP contribution in [0.4, 0.5) is 11.4 Å². The molecule has 7 saturated heterocycles. The largest absolute Gasteiger partial charge is 0.394 e. The van der Waals surface area contributed by atoms with Crippen molar-refractivity contribution >= 4 is 76.2 Å². The van der Waals surface area contributed by atoms with Crippen LogP contribution in [0.3, 0.4) is 0 Å². The average molecular weight is 741 g/mol. The number of hydrogen-bond donors (Lipinski definition) is 4. The number of nitrogens with one attached hydrogen (secondary N) is 2. The Hall–Kier alpha value is -2.80. The smallest absolute Gasteiger partial charge is 0.279 e.